The Morgan fingerprint density at radius 2 is 2.00 bits per heavy atom. The van der Waals surface area contributed by atoms with Gasteiger partial charge in [-0.05, 0) is 69.7 Å². The molecular weight excluding hydrogens is 518 g/mol. The maximum atomic E-state index is 12.7. The third-order valence-corrected chi connectivity index (χ3v) is 6.23. The van der Waals surface area contributed by atoms with E-state index in [-0.39, 0.29) is 12.4 Å². The van der Waals surface area contributed by atoms with E-state index < -0.39 is 5.91 Å². The van der Waals surface area contributed by atoms with Crippen molar-refractivity contribution in [3.8, 4) is 5.75 Å². The van der Waals surface area contributed by atoms with Gasteiger partial charge in [-0.15, -0.1) is 0 Å². The van der Waals surface area contributed by atoms with Gasteiger partial charge in [0.05, 0.1) is 11.0 Å². The van der Waals surface area contributed by atoms with Crippen LogP contribution in [-0.2, 0) is 13.2 Å². The summed E-state index contributed by atoms with van der Waals surface area (Å²) in [6.07, 6.45) is 1.79. The van der Waals surface area contributed by atoms with Gasteiger partial charge in [-0.25, -0.2) is 0 Å². The van der Waals surface area contributed by atoms with Gasteiger partial charge in [0.25, 0.3) is 5.91 Å². The lowest BCUT2D eigenvalue weighted by Crippen LogP contribution is -2.12. The van der Waals surface area contributed by atoms with Crippen LogP contribution in [0.5, 0.6) is 5.75 Å². The third kappa shape index (κ3) is 5.72. The molecule has 4 rings (SSSR count). The number of anilines is 1. The maximum Gasteiger partial charge on any atom is 0.292 e. The Hall–Kier alpha value is -3.03. The molecule has 0 bridgehead atoms. The number of carbonyl (C=O) groups is 1. The first-order chi connectivity index (χ1) is 16.3. The first-order valence-electron chi connectivity index (χ1n) is 10.9. The van der Waals surface area contributed by atoms with Gasteiger partial charge in [0.1, 0.15) is 18.1 Å². The fraction of sp³-hybridized carbons (Fsp3) is 0.231. The van der Waals surface area contributed by atoms with Crippen molar-refractivity contribution in [2.75, 3.05) is 5.32 Å². The van der Waals surface area contributed by atoms with Crippen LogP contribution in [0.15, 0.2) is 69.7 Å². The van der Waals surface area contributed by atoms with Gasteiger partial charge in [0.2, 0.25) is 0 Å². The number of nitrogens with zero attached hydrogens (tertiary/aromatic N) is 2. The van der Waals surface area contributed by atoms with Crippen LogP contribution in [0, 0.1) is 6.92 Å². The highest BCUT2D eigenvalue weighted by molar-refractivity contribution is 9.10. The molecule has 0 fully saturated rings. The summed E-state index contributed by atoms with van der Waals surface area (Å²) >= 11 is 9.69. The van der Waals surface area contributed by atoms with Crippen LogP contribution in [0.4, 0.5) is 5.82 Å². The minimum Gasteiger partial charge on any atom is -0.485 e. The van der Waals surface area contributed by atoms with E-state index in [0.717, 1.165) is 22.4 Å². The summed E-state index contributed by atoms with van der Waals surface area (Å²) < 4.78 is 14.1. The molecule has 0 saturated carbocycles. The number of amides is 1. The average Bonchev–Trinajstić information content (AvgIpc) is 3.40. The van der Waals surface area contributed by atoms with Crippen LogP contribution in [-0.4, -0.2) is 15.7 Å². The van der Waals surface area contributed by atoms with Crippen molar-refractivity contribution in [2.45, 2.75) is 39.8 Å². The minimum absolute atomic E-state index is 0.180. The Labute approximate surface area is 212 Å². The summed E-state index contributed by atoms with van der Waals surface area (Å²) in [5.74, 6) is 1.90. The van der Waals surface area contributed by atoms with Gasteiger partial charge in [-0.3, -0.25) is 9.48 Å². The van der Waals surface area contributed by atoms with Crippen molar-refractivity contribution < 1.29 is 13.9 Å². The van der Waals surface area contributed by atoms with Crippen molar-refractivity contribution in [1.29, 1.82) is 0 Å². The van der Waals surface area contributed by atoms with E-state index >= 15 is 0 Å². The predicted octanol–water partition coefficient (Wildman–Crippen LogP) is 7.20. The van der Waals surface area contributed by atoms with Crippen molar-refractivity contribution in [3.63, 3.8) is 0 Å². The second-order valence-corrected chi connectivity index (χ2v) is 9.58. The molecule has 0 atom stereocenters. The zero-order valence-electron chi connectivity index (χ0n) is 19.1. The maximum absolute atomic E-state index is 12.7. The fourth-order valence-electron chi connectivity index (χ4n) is 3.50. The summed E-state index contributed by atoms with van der Waals surface area (Å²) in [4.78, 5) is 12.7. The van der Waals surface area contributed by atoms with E-state index in [9.17, 15) is 4.79 Å². The predicted molar refractivity (Wildman–Crippen MR) is 137 cm³/mol. The number of halogens is 2. The number of aryl methyl sites for hydroxylation is 1. The second kappa shape index (κ2) is 10.5. The van der Waals surface area contributed by atoms with Crippen LogP contribution >= 0.6 is 27.5 Å². The normalized spacial score (nSPS) is 11.1. The number of furan rings is 1. The number of aromatic nitrogens is 2. The molecule has 0 aliphatic rings. The highest BCUT2D eigenvalue weighted by Gasteiger charge is 2.17. The zero-order valence-corrected chi connectivity index (χ0v) is 21.5. The number of ether oxygens (including phenoxy) is 1. The second-order valence-electron chi connectivity index (χ2n) is 8.32. The minimum atomic E-state index is -0.395. The molecule has 2 aromatic heterocycles. The summed E-state index contributed by atoms with van der Waals surface area (Å²) in [5, 5.41) is 7.89. The molecule has 176 valence electrons. The van der Waals surface area contributed by atoms with Gasteiger partial charge < -0.3 is 14.5 Å². The largest absolute Gasteiger partial charge is 0.485 e. The van der Waals surface area contributed by atoms with Crippen molar-refractivity contribution in [2.24, 2.45) is 0 Å². The van der Waals surface area contributed by atoms with Crippen LogP contribution in [0.2, 0.25) is 5.02 Å². The van der Waals surface area contributed by atoms with E-state index in [2.05, 4.69) is 52.3 Å². The number of hydrogen-bond donors (Lipinski definition) is 1. The molecule has 0 aliphatic heterocycles. The molecule has 1 N–H and O–H groups in total. The van der Waals surface area contributed by atoms with Crippen molar-refractivity contribution in [1.82, 2.24) is 9.78 Å². The first kappa shape index (κ1) is 24.1. The Balaban J connectivity index is 1.40. The first-order valence-corrected chi connectivity index (χ1v) is 12.1. The molecule has 0 unspecified atom stereocenters. The molecule has 6 nitrogen and oxygen atoms in total. The van der Waals surface area contributed by atoms with Gasteiger partial charge in [0, 0.05) is 11.2 Å². The van der Waals surface area contributed by atoms with E-state index in [4.69, 9.17) is 20.8 Å². The molecule has 1 amide bonds. The Morgan fingerprint density at radius 3 is 2.76 bits per heavy atom. The highest BCUT2D eigenvalue weighted by Crippen LogP contribution is 2.28. The van der Waals surface area contributed by atoms with E-state index in [1.165, 1.54) is 0 Å². The topological polar surface area (TPSA) is 69.3 Å². The summed E-state index contributed by atoms with van der Waals surface area (Å²) in [7, 11) is 0. The lowest BCUT2D eigenvalue weighted by atomic mass is 10.0. The summed E-state index contributed by atoms with van der Waals surface area (Å²) in [6, 6.07) is 17.1. The summed E-state index contributed by atoms with van der Waals surface area (Å²) in [5.41, 5.74) is 3.19. The lowest BCUT2D eigenvalue weighted by molar-refractivity contribution is 0.0992. The SMILES string of the molecule is Cc1ccc(C(C)C)c(OCc2ccc(C(=O)Nc3nn(Cc4ccccc4Cl)cc3Br)o2)c1. The zero-order chi connectivity index (χ0) is 24.2. The monoisotopic (exact) mass is 541 g/mol. The lowest BCUT2D eigenvalue weighted by Gasteiger charge is -2.14. The van der Waals surface area contributed by atoms with E-state index in [1.54, 1.807) is 23.0 Å². The van der Waals surface area contributed by atoms with E-state index in [1.807, 2.05) is 37.3 Å². The molecule has 4 aromatic rings. The number of benzene rings is 2. The van der Waals surface area contributed by atoms with Gasteiger partial charge >= 0.3 is 0 Å². The van der Waals surface area contributed by atoms with Gasteiger partial charge in [0.15, 0.2) is 11.6 Å². The molecule has 0 radical (unpaired) electrons. The molecular formula is C26H25BrClN3O3. The molecule has 2 heterocycles. The Bertz CT molecular complexity index is 1310. The molecule has 0 aliphatic carbocycles. The van der Waals surface area contributed by atoms with E-state index in [0.29, 0.717) is 33.5 Å². The Morgan fingerprint density at radius 1 is 1.21 bits per heavy atom. The fourth-order valence-corrected chi connectivity index (χ4v) is 4.11. The molecule has 0 saturated heterocycles. The molecule has 2 aromatic carbocycles. The van der Waals surface area contributed by atoms with Crippen molar-refractivity contribution >= 4 is 39.3 Å². The number of carbonyl (C=O) groups excluding carboxylic acids is 1. The van der Waals surface area contributed by atoms with Crippen LogP contribution in [0.1, 0.15) is 52.8 Å². The van der Waals surface area contributed by atoms with Crippen LogP contribution in [0.25, 0.3) is 0 Å². The van der Waals surface area contributed by atoms with Crippen molar-refractivity contribution in [3.05, 3.63) is 98.5 Å². The van der Waals surface area contributed by atoms with Gasteiger partial charge in [-0.2, -0.15) is 5.10 Å². The number of hydrogen-bond acceptors (Lipinski definition) is 4. The van der Waals surface area contributed by atoms with Gasteiger partial charge in [-0.1, -0.05) is 55.8 Å². The number of rotatable bonds is 8. The average molecular weight is 543 g/mol. The molecule has 0 spiro atoms. The van der Waals surface area contributed by atoms with Crippen LogP contribution < -0.4 is 10.1 Å². The summed E-state index contributed by atoms with van der Waals surface area (Å²) in [6.45, 7) is 6.99. The van der Waals surface area contributed by atoms with Crippen LogP contribution in [0.3, 0.4) is 0 Å². The quantitative estimate of drug-likeness (QED) is 0.255. The molecule has 34 heavy (non-hydrogen) atoms. The highest BCUT2D eigenvalue weighted by atomic mass is 79.9. The smallest absolute Gasteiger partial charge is 0.292 e. The number of nitrogens with one attached hydrogen (secondary N) is 1. The third-order valence-electron chi connectivity index (χ3n) is 5.29. The standard InChI is InChI=1S/C26H25BrClN3O3/c1-16(2)20-10-8-17(3)12-24(20)33-15-19-9-11-23(34-19)26(32)29-25-21(27)14-31(30-25)13-18-6-4-5-7-22(18)28/h4-12,14,16H,13,15H2,1-3H3,(H,29,30,32). The Kier molecular flexibility index (Phi) is 7.44. The molecule has 8 heteroatoms.